The van der Waals surface area contributed by atoms with Crippen molar-refractivity contribution < 1.29 is 0 Å². The van der Waals surface area contributed by atoms with Crippen LogP contribution in [-0.2, 0) is 0 Å². The van der Waals surface area contributed by atoms with Crippen molar-refractivity contribution in [3.8, 4) is 0 Å². The fourth-order valence-electron chi connectivity index (χ4n) is 1.79. The molecule has 96 valence electrons. The molecule has 2 aromatic heterocycles. The van der Waals surface area contributed by atoms with Crippen molar-refractivity contribution in [2.45, 2.75) is 17.0 Å². The topological polar surface area (TPSA) is 67.6 Å². The second-order valence-corrected chi connectivity index (χ2v) is 6.06. The van der Waals surface area contributed by atoms with Crippen molar-refractivity contribution in [1.29, 1.82) is 0 Å². The molecule has 0 aliphatic heterocycles. The minimum atomic E-state index is 0.635. The first-order valence-electron chi connectivity index (χ1n) is 5.66. The van der Waals surface area contributed by atoms with E-state index in [0.717, 1.165) is 25.6 Å². The van der Waals surface area contributed by atoms with Crippen LogP contribution in [0.4, 0.5) is 5.69 Å². The van der Waals surface area contributed by atoms with E-state index in [-0.39, 0.29) is 0 Å². The zero-order valence-corrected chi connectivity index (χ0v) is 12.5. The molecular weight excluding hydrogens is 324 g/mol. The standard InChI is InChI=1S/C13H11BrN4S/c1-7-2-3-10-11(4-7)18-13(17-10)19-12-8(14)5-16-6-9(12)15/h2-6H,15H2,1H3,(H,17,18). The van der Waals surface area contributed by atoms with E-state index in [2.05, 4.69) is 43.9 Å². The van der Waals surface area contributed by atoms with E-state index in [1.165, 1.54) is 17.3 Å². The highest BCUT2D eigenvalue weighted by molar-refractivity contribution is 9.10. The maximum atomic E-state index is 5.93. The van der Waals surface area contributed by atoms with Gasteiger partial charge in [-0.15, -0.1) is 0 Å². The molecule has 0 radical (unpaired) electrons. The molecular formula is C13H11BrN4S. The van der Waals surface area contributed by atoms with Crippen molar-refractivity contribution in [3.05, 3.63) is 40.6 Å². The van der Waals surface area contributed by atoms with Crippen LogP contribution >= 0.6 is 27.7 Å². The van der Waals surface area contributed by atoms with E-state index in [4.69, 9.17) is 5.73 Å². The van der Waals surface area contributed by atoms with E-state index in [1.54, 1.807) is 12.4 Å². The molecule has 6 heteroatoms. The lowest BCUT2D eigenvalue weighted by Crippen LogP contribution is -1.91. The van der Waals surface area contributed by atoms with Gasteiger partial charge >= 0.3 is 0 Å². The third-order valence-corrected chi connectivity index (χ3v) is 4.61. The smallest absolute Gasteiger partial charge is 0.171 e. The Labute approximate surface area is 123 Å². The van der Waals surface area contributed by atoms with Crippen molar-refractivity contribution in [1.82, 2.24) is 15.0 Å². The maximum Gasteiger partial charge on any atom is 0.171 e. The predicted molar refractivity (Wildman–Crippen MR) is 81.3 cm³/mol. The number of hydrogen-bond donors (Lipinski definition) is 2. The molecule has 4 nitrogen and oxygen atoms in total. The van der Waals surface area contributed by atoms with Gasteiger partial charge in [-0.2, -0.15) is 0 Å². The summed E-state index contributed by atoms with van der Waals surface area (Å²) in [4.78, 5) is 12.8. The Hall–Kier alpha value is -1.53. The Balaban J connectivity index is 2.01. The highest BCUT2D eigenvalue weighted by atomic mass is 79.9. The van der Waals surface area contributed by atoms with Gasteiger partial charge in [0.2, 0.25) is 0 Å². The second-order valence-electron chi connectivity index (χ2n) is 4.20. The summed E-state index contributed by atoms with van der Waals surface area (Å²) in [7, 11) is 0. The molecule has 19 heavy (non-hydrogen) atoms. The molecule has 0 saturated heterocycles. The van der Waals surface area contributed by atoms with Gasteiger partial charge in [0.15, 0.2) is 5.16 Å². The number of aromatic nitrogens is 3. The van der Waals surface area contributed by atoms with Gasteiger partial charge in [-0.25, -0.2) is 4.98 Å². The summed E-state index contributed by atoms with van der Waals surface area (Å²) in [6.45, 7) is 2.06. The van der Waals surface area contributed by atoms with E-state index in [9.17, 15) is 0 Å². The first-order valence-corrected chi connectivity index (χ1v) is 7.27. The number of aryl methyl sites for hydroxylation is 1. The molecule has 0 fully saturated rings. The number of nitrogens with two attached hydrogens (primary N) is 1. The predicted octanol–water partition coefficient (Wildman–Crippen LogP) is 3.76. The lowest BCUT2D eigenvalue weighted by molar-refractivity contribution is 1.08. The molecule has 0 unspecified atom stereocenters. The van der Waals surface area contributed by atoms with Crippen LogP contribution in [0.2, 0.25) is 0 Å². The van der Waals surface area contributed by atoms with Gasteiger partial charge in [-0.05, 0) is 52.3 Å². The van der Waals surface area contributed by atoms with E-state index >= 15 is 0 Å². The summed E-state index contributed by atoms with van der Waals surface area (Å²) in [6, 6.07) is 6.14. The monoisotopic (exact) mass is 334 g/mol. The normalized spacial score (nSPS) is 11.1. The number of nitrogens with one attached hydrogen (secondary N) is 1. The number of aromatic amines is 1. The van der Waals surface area contributed by atoms with Crippen molar-refractivity contribution in [2.24, 2.45) is 0 Å². The van der Waals surface area contributed by atoms with Crippen LogP contribution in [0, 0.1) is 6.92 Å². The summed E-state index contributed by atoms with van der Waals surface area (Å²) in [5.41, 5.74) is 9.76. The quantitative estimate of drug-likeness (QED) is 0.748. The maximum absolute atomic E-state index is 5.93. The molecule has 0 atom stereocenters. The Morgan fingerprint density at radius 1 is 1.32 bits per heavy atom. The summed E-state index contributed by atoms with van der Waals surface area (Å²) in [6.07, 6.45) is 3.37. The van der Waals surface area contributed by atoms with Crippen molar-refractivity contribution >= 4 is 44.4 Å². The first-order chi connectivity index (χ1) is 9.13. The minimum absolute atomic E-state index is 0.635. The molecule has 3 N–H and O–H groups in total. The number of rotatable bonds is 2. The number of nitrogen functional groups attached to an aromatic ring is 1. The summed E-state index contributed by atoms with van der Waals surface area (Å²) in [5, 5.41) is 0.819. The average molecular weight is 335 g/mol. The number of benzene rings is 1. The van der Waals surface area contributed by atoms with Gasteiger partial charge in [0, 0.05) is 6.20 Å². The second kappa shape index (κ2) is 4.86. The van der Waals surface area contributed by atoms with Gasteiger partial charge in [0.25, 0.3) is 0 Å². The number of H-pyrrole nitrogens is 1. The summed E-state index contributed by atoms with van der Waals surface area (Å²) >= 11 is 4.95. The molecule has 0 spiro atoms. The van der Waals surface area contributed by atoms with Crippen LogP contribution < -0.4 is 5.73 Å². The van der Waals surface area contributed by atoms with Gasteiger partial charge in [-0.3, -0.25) is 4.98 Å². The average Bonchev–Trinajstić information content (AvgIpc) is 2.75. The fourth-order valence-corrected chi connectivity index (χ4v) is 3.20. The third-order valence-electron chi connectivity index (χ3n) is 2.69. The molecule has 1 aromatic carbocycles. The van der Waals surface area contributed by atoms with E-state index < -0.39 is 0 Å². The number of pyridine rings is 1. The SMILES string of the molecule is Cc1ccc2nc(Sc3c(N)cncc3Br)[nH]c2c1. The van der Waals surface area contributed by atoms with Gasteiger partial charge in [0.05, 0.1) is 32.3 Å². The molecule has 0 aliphatic carbocycles. The zero-order chi connectivity index (χ0) is 13.4. The fraction of sp³-hybridized carbons (Fsp3) is 0.0769. The number of nitrogens with zero attached hydrogens (tertiary/aromatic N) is 2. The highest BCUT2D eigenvalue weighted by Crippen LogP contribution is 2.36. The van der Waals surface area contributed by atoms with Crippen molar-refractivity contribution in [2.75, 3.05) is 5.73 Å². The molecule has 2 heterocycles. The zero-order valence-electron chi connectivity index (χ0n) is 10.1. The molecule has 0 saturated carbocycles. The Bertz CT molecular complexity index is 733. The van der Waals surface area contributed by atoms with Crippen LogP contribution in [0.5, 0.6) is 0 Å². The first kappa shape index (κ1) is 12.5. The largest absolute Gasteiger partial charge is 0.397 e. The lowest BCUT2D eigenvalue weighted by Gasteiger charge is -2.04. The molecule has 0 amide bonds. The molecule has 0 bridgehead atoms. The van der Waals surface area contributed by atoms with Crippen LogP contribution in [0.3, 0.4) is 0 Å². The number of hydrogen-bond acceptors (Lipinski definition) is 4. The van der Waals surface area contributed by atoms with Crippen LogP contribution in [0.15, 0.2) is 45.1 Å². The van der Waals surface area contributed by atoms with E-state index in [1.807, 2.05) is 12.1 Å². The molecule has 3 aromatic rings. The minimum Gasteiger partial charge on any atom is -0.397 e. The Kier molecular flexibility index (Phi) is 3.20. The highest BCUT2D eigenvalue weighted by Gasteiger charge is 2.10. The van der Waals surface area contributed by atoms with Crippen molar-refractivity contribution in [3.63, 3.8) is 0 Å². The summed E-state index contributed by atoms with van der Waals surface area (Å²) < 4.78 is 0.870. The van der Waals surface area contributed by atoms with Gasteiger partial charge in [0.1, 0.15) is 0 Å². The lowest BCUT2D eigenvalue weighted by atomic mass is 10.2. The number of fused-ring (bicyclic) bond motifs is 1. The van der Waals surface area contributed by atoms with E-state index in [0.29, 0.717) is 5.69 Å². The van der Waals surface area contributed by atoms with Crippen LogP contribution in [0.1, 0.15) is 5.56 Å². The summed E-state index contributed by atoms with van der Waals surface area (Å²) in [5.74, 6) is 0. The number of halogens is 1. The van der Waals surface area contributed by atoms with Gasteiger partial charge < -0.3 is 10.7 Å². The van der Waals surface area contributed by atoms with Gasteiger partial charge in [-0.1, -0.05) is 6.07 Å². The molecule has 0 aliphatic rings. The van der Waals surface area contributed by atoms with Crippen LogP contribution in [0.25, 0.3) is 11.0 Å². The molecule has 3 rings (SSSR count). The third kappa shape index (κ3) is 2.46. The number of anilines is 1. The number of imidazole rings is 1. The Morgan fingerprint density at radius 2 is 2.16 bits per heavy atom. The van der Waals surface area contributed by atoms with Crippen LogP contribution in [-0.4, -0.2) is 15.0 Å². The Morgan fingerprint density at radius 3 is 2.95 bits per heavy atom.